The van der Waals surface area contributed by atoms with Crippen LogP contribution in [0.3, 0.4) is 0 Å². The molecule has 8 heteroatoms. The van der Waals surface area contributed by atoms with Gasteiger partial charge in [-0.15, -0.1) is 0 Å². The number of nitrogens with one attached hydrogen (secondary N) is 1. The van der Waals surface area contributed by atoms with Crippen LogP contribution in [0.5, 0.6) is 0 Å². The molecule has 1 aromatic heterocycles. The van der Waals surface area contributed by atoms with Crippen molar-refractivity contribution in [2.24, 2.45) is 0 Å². The second-order valence-electron chi connectivity index (χ2n) is 7.04. The molecule has 0 aliphatic carbocycles. The summed E-state index contributed by atoms with van der Waals surface area (Å²) in [5.74, 6) is 1.01. The molecule has 7 nitrogen and oxygen atoms in total. The Morgan fingerprint density at radius 1 is 1.13 bits per heavy atom. The van der Waals surface area contributed by atoms with Gasteiger partial charge in [0.25, 0.3) is 0 Å². The zero-order chi connectivity index (χ0) is 20.8. The topological polar surface area (TPSA) is 80.5 Å². The van der Waals surface area contributed by atoms with Gasteiger partial charge in [-0.05, 0) is 24.6 Å². The smallest absolute Gasteiger partial charge is 0.226 e. The van der Waals surface area contributed by atoms with Crippen LogP contribution in [0.1, 0.15) is 18.7 Å². The molecule has 1 N–H and O–H groups in total. The van der Waals surface area contributed by atoms with Gasteiger partial charge in [-0.2, -0.15) is 4.98 Å². The highest BCUT2D eigenvalue weighted by molar-refractivity contribution is 6.31. The third-order valence-electron chi connectivity index (χ3n) is 4.88. The van der Waals surface area contributed by atoms with E-state index in [2.05, 4.69) is 20.4 Å². The second kappa shape index (κ2) is 9.73. The maximum Gasteiger partial charge on any atom is 0.226 e. The number of carbonyl (C=O) groups is 1. The molecule has 1 amide bonds. The summed E-state index contributed by atoms with van der Waals surface area (Å²) in [5, 5.41) is 7.59. The van der Waals surface area contributed by atoms with Gasteiger partial charge in [-0.25, -0.2) is 0 Å². The molecule has 2 aromatic carbocycles. The molecule has 1 aliphatic heterocycles. The van der Waals surface area contributed by atoms with E-state index >= 15 is 0 Å². The molecule has 156 valence electrons. The van der Waals surface area contributed by atoms with Gasteiger partial charge in [-0.1, -0.05) is 47.1 Å². The summed E-state index contributed by atoms with van der Waals surface area (Å²) in [6.07, 6.45) is 1.49. The van der Waals surface area contributed by atoms with E-state index in [9.17, 15) is 4.79 Å². The summed E-state index contributed by atoms with van der Waals surface area (Å²) in [6, 6.07) is 15.2. The van der Waals surface area contributed by atoms with E-state index in [4.69, 9.17) is 20.9 Å². The van der Waals surface area contributed by atoms with Gasteiger partial charge in [-0.3, -0.25) is 4.79 Å². The fourth-order valence-corrected chi connectivity index (χ4v) is 3.53. The van der Waals surface area contributed by atoms with Crippen LogP contribution in [0, 0.1) is 0 Å². The van der Waals surface area contributed by atoms with Crippen molar-refractivity contribution in [3.05, 3.63) is 59.4 Å². The van der Waals surface area contributed by atoms with Crippen molar-refractivity contribution in [1.29, 1.82) is 0 Å². The van der Waals surface area contributed by atoms with E-state index in [1.165, 1.54) is 0 Å². The van der Waals surface area contributed by atoms with Crippen molar-refractivity contribution in [2.75, 3.05) is 36.5 Å². The van der Waals surface area contributed by atoms with Crippen LogP contribution in [-0.2, 0) is 16.0 Å². The van der Waals surface area contributed by atoms with Crippen LogP contribution in [0.25, 0.3) is 11.4 Å². The van der Waals surface area contributed by atoms with E-state index < -0.39 is 0 Å². The van der Waals surface area contributed by atoms with E-state index in [1.807, 2.05) is 42.5 Å². The molecule has 2 heterocycles. The monoisotopic (exact) mass is 426 g/mol. The first-order valence-corrected chi connectivity index (χ1v) is 10.4. The maximum atomic E-state index is 12.5. The first-order valence-electron chi connectivity index (χ1n) is 9.99. The lowest BCUT2D eigenvalue weighted by Crippen LogP contribution is -2.36. The maximum absolute atomic E-state index is 12.5. The van der Waals surface area contributed by atoms with Crippen LogP contribution in [0.2, 0.25) is 5.02 Å². The number of aryl methyl sites for hydroxylation is 1. The van der Waals surface area contributed by atoms with Gasteiger partial charge < -0.3 is 19.5 Å². The van der Waals surface area contributed by atoms with Gasteiger partial charge in [0.2, 0.25) is 17.6 Å². The van der Waals surface area contributed by atoms with Crippen molar-refractivity contribution in [3.63, 3.8) is 0 Å². The molecular formula is C22H23ClN4O3. The Morgan fingerprint density at radius 2 is 1.93 bits per heavy atom. The molecule has 0 atom stereocenters. The van der Waals surface area contributed by atoms with Gasteiger partial charge in [0.1, 0.15) is 0 Å². The predicted molar refractivity (Wildman–Crippen MR) is 116 cm³/mol. The zero-order valence-corrected chi connectivity index (χ0v) is 17.3. The third-order valence-corrected chi connectivity index (χ3v) is 5.11. The molecule has 0 saturated carbocycles. The first-order chi connectivity index (χ1) is 14.7. The van der Waals surface area contributed by atoms with Crippen molar-refractivity contribution in [3.8, 4) is 11.4 Å². The van der Waals surface area contributed by atoms with Crippen LogP contribution >= 0.6 is 11.6 Å². The lowest BCUT2D eigenvalue weighted by atomic mass is 10.2. The quantitative estimate of drug-likeness (QED) is 0.610. The van der Waals surface area contributed by atoms with E-state index in [0.29, 0.717) is 49.2 Å². The van der Waals surface area contributed by atoms with Gasteiger partial charge in [0.15, 0.2) is 0 Å². The van der Waals surface area contributed by atoms with Crippen LogP contribution in [-0.4, -0.2) is 42.4 Å². The average Bonchev–Trinajstić information content (AvgIpc) is 3.24. The minimum atomic E-state index is -0.0745. The summed E-state index contributed by atoms with van der Waals surface area (Å²) in [6.45, 7) is 2.91. The number of hydrogen-bond donors (Lipinski definition) is 1. The van der Waals surface area contributed by atoms with Crippen LogP contribution < -0.4 is 10.2 Å². The highest BCUT2D eigenvalue weighted by atomic mass is 35.5. The Kier molecular flexibility index (Phi) is 6.61. The number of hydrogen-bond acceptors (Lipinski definition) is 6. The molecule has 0 unspecified atom stereocenters. The lowest BCUT2D eigenvalue weighted by molar-refractivity contribution is -0.116. The lowest BCUT2D eigenvalue weighted by Gasteiger charge is -2.30. The summed E-state index contributed by atoms with van der Waals surface area (Å²) in [7, 11) is 0. The first kappa shape index (κ1) is 20.4. The highest BCUT2D eigenvalue weighted by Crippen LogP contribution is 2.30. The molecule has 3 aromatic rings. The number of morpholine rings is 1. The minimum Gasteiger partial charge on any atom is -0.378 e. The fourth-order valence-electron chi connectivity index (χ4n) is 3.36. The Hall–Kier alpha value is -2.90. The van der Waals surface area contributed by atoms with E-state index in [1.54, 1.807) is 6.07 Å². The molecule has 1 fully saturated rings. The third kappa shape index (κ3) is 5.17. The number of carbonyl (C=O) groups excluding carboxylic acids is 1. The summed E-state index contributed by atoms with van der Waals surface area (Å²) in [4.78, 5) is 19.1. The predicted octanol–water partition coefficient (Wildman–Crippen LogP) is 4.19. The standard InChI is InChI=1S/C22H23ClN4O3/c23-17-9-10-19(27-11-13-29-14-12-27)18(15-17)24-20(28)7-4-8-21-25-22(26-30-21)16-5-2-1-3-6-16/h1-3,5-6,9-10,15H,4,7-8,11-14H2,(H,24,28). The molecule has 1 aliphatic rings. The highest BCUT2D eigenvalue weighted by Gasteiger charge is 2.17. The fraction of sp³-hybridized carbons (Fsp3) is 0.318. The van der Waals surface area contributed by atoms with Crippen LogP contribution in [0.4, 0.5) is 11.4 Å². The Bertz CT molecular complexity index is 987. The molecule has 4 rings (SSSR count). The van der Waals surface area contributed by atoms with E-state index in [-0.39, 0.29) is 5.91 Å². The number of aromatic nitrogens is 2. The molecular weight excluding hydrogens is 404 g/mol. The number of amides is 1. The van der Waals surface area contributed by atoms with Crippen molar-refractivity contribution in [2.45, 2.75) is 19.3 Å². The second-order valence-corrected chi connectivity index (χ2v) is 7.48. The number of halogens is 1. The largest absolute Gasteiger partial charge is 0.378 e. The van der Waals surface area contributed by atoms with Crippen molar-refractivity contribution >= 4 is 28.9 Å². The van der Waals surface area contributed by atoms with E-state index in [0.717, 1.165) is 30.0 Å². The van der Waals surface area contributed by atoms with Gasteiger partial charge >= 0.3 is 0 Å². The van der Waals surface area contributed by atoms with Gasteiger partial charge in [0.05, 0.1) is 24.6 Å². The molecule has 0 bridgehead atoms. The Morgan fingerprint density at radius 3 is 2.73 bits per heavy atom. The number of benzene rings is 2. The van der Waals surface area contributed by atoms with Crippen molar-refractivity contribution in [1.82, 2.24) is 10.1 Å². The number of rotatable bonds is 7. The minimum absolute atomic E-state index is 0.0745. The summed E-state index contributed by atoms with van der Waals surface area (Å²) in [5.41, 5.74) is 2.58. The van der Waals surface area contributed by atoms with Crippen LogP contribution in [0.15, 0.2) is 53.1 Å². The number of anilines is 2. The van der Waals surface area contributed by atoms with Gasteiger partial charge in [0, 0.05) is 36.5 Å². The summed E-state index contributed by atoms with van der Waals surface area (Å²) < 4.78 is 10.7. The zero-order valence-electron chi connectivity index (χ0n) is 16.5. The number of ether oxygens (including phenoxy) is 1. The van der Waals surface area contributed by atoms with Crippen molar-refractivity contribution < 1.29 is 14.1 Å². The normalized spacial score (nSPS) is 14.0. The summed E-state index contributed by atoms with van der Waals surface area (Å²) >= 11 is 6.15. The number of nitrogens with zero attached hydrogens (tertiary/aromatic N) is 3. The molecule has 1 saturated heterocycles. The Labute approximate surface area is 180 Å². The SMILES string of the molecule is O=C(CCCc1nc(-c2ccccc2)no1)Nc1cc(Cl)ccc1N1CCOCC1. The molecule has 0 spiro atoms. The molecule has 0 radical (unpaired) electrons. The Balaban J connectivity index is 1.32. The molecule has 30 heavy (non-hydrogen) atoms. The average molecular weight is 427 g/mol.